The Hall–Kier alpha value is -0.650. The van der Waals surface area contributed by atoms with Gasteiger partial charge in [-0.3, -0.25) is 4.79 Å². The van der Waals surface area contributed by atoms with Crippen molar-refractivity contribution in [3.05, 3.63) is 0 Å². The van der Waals surface area contributed by atoms with Gasteiger partial charge in [0.2, 0.25) is 5.91 Å². The molecule has 1 aliphatic rings. The van der Waals surface area contributed by atoms with Gasteiger partial charge in [0, 0.05) is 25.3 Å². The van der Waals surface area contributed by atoms with Crippen molar-refractivity contribution in [2.45, 2.75) is 37.8 Å². The van der Waals surface area contributed by atoms with Crippen molar-refractivity contribution in [3.8, 4) is 0 Å². The van der Waals surface area contributed by atoms with E-state index in [0.717, 1.165) is 0 Å². The van der Waals surface area contributed by atoms with Gasteiger partial charge in [-0.15, -0.1) is 0 Å². The molecule has 0 aliphatic carbocycles. The molecule has 1 heterocycles. The minimum Gasteiger partial charge on any atom is -0.381 e. The summed E-state index contributed by atoms with van der Waals surface area (Å²) in [6.45, 7) is 5.90. The largest absolute Gasteiger partial charge is 0.381 e. The number of rotatable bonds is 4. The Balaban J connectivity index is 2.49. The smallest absolute Gasteiger partial charge is 0.240 e. The molecule has 0 radical (unpaired) electrons. The van der Waals surface area contributed by atoms with Crippen LogP contribution in [0.25, 0.3) is 0 Å². The van der Waals surface area contributed by atoms with Gasteiger partial charge in [0.1, 0.15) is 0 Å². The van der Waals surface area contributed by atoms with Gasteiger partial charge in [0.05, 0.1) is 5.54 Å². The molecule has 0 saturated carbocycles. The average Bonchev–Trinajstić information content (AvgIpc) is 2.26. The van der Waals surface area contributed by atoms with Crippen LogP contribution in [0.5, 0.6) is 0 Å². The third kappa shape index (κ3) is 3.66. The summed E-state index contributed by atoms with van der Waals surface area (Å²) in [5.74, 6) is -0.0595. The second kappa shape index (κ2) is 5.33. The predicted octanol–water partition coefficient (Wildman–Crippen LogP) is -0.0493. The normalized spacial score (nSPS) is 20.4. The lowest BCUT2D eigenvalue weighted by Crippen LogP contribution is -2.59. The van der Waals surface area contributed by atoms with Crippen molar-refractivity contribution >= 4 is 5.91 Å². The molecule has 5 nitrogen and oxygen atoms in total. The molecule has 0 spiro atoms. The van der Waals surface area contributed by atoms with Crippen LogP contribution in [0.1, 0.15) is 26.7 Å². The number of likely N-dealkylation sites (N-methyl/N-ethyl adjacent to an activating group) is 1. The highest BCUT2D eigenvalue weighted by Crippen LogP contribution is 2.18. The Kier molecular flexibility index (Phi) is 4.52. The van der Waals surface area contributed by atoms with Crippen LogP contribution in [-0.2, 0) is 9.53 Å². The second-order valence-electron chi connectivity index (χ2n) is 5.66. The highest BCUT2D eigenvalue weighted by molar-refractivity contribution is 5.86. The maximum atomic E-state index is 12.1. The molecular weight excluding hydrogens is 218 g/mol. The lowest BCUT2D eigenvalue weighted by Gasteiger charge is -2.36. The van der Waals surface area contributed by atoms with E-state index in [0.29, 0.717) is 32.6 Å². The predicted molar refractivity (Wildman–Crippen MR) is 67.7 cm³/mol. The van der Waals surface area contributed by atoms with E-state index in [1.165, 1.54) is 0 Å². The van der Waals surface area contributed by atoms with Gasteiger partial charge in [-0.2, -0.15) is 0 Å². The van der Waals surface area contributed by atoms with Crippen LogP contribution in [0.3, 0.4) is 0 Å². The zero-order chi connectivity index (χ0) is 13.1. The molecule has 1 amide bonds. The molecule has 0 aromatic carbocycles. The molecule has 0 aromatic heterocycles. The molecule has 1 saturated heterocycles. The lowest BCUT2D eigenvalue weighted by molar-refractivity contribution is -0.130. The van der Waals surface area contributed by atoms with Crippen LogP contribution >= 0.6 is 0 Å². The number of hydrogen-bond acceptors (Lipinski definition) is 4. The zero-order valence-electron chi connectivity index (χ0n) is 11.4. The summed E-state index contributed by atoms with van der Waals surface area (Å²) >= 11 is 0. The fraction of sp³-hybridized carbons (Fsp3) is 0.917. The molecule has 17 heavy (non-hydrogen) atoms. The first-order valence-corrected chi connectivity index (χ1v) is 6.10. The quantitative estimate of drug-likeness (QED) is 0.726. The lowest BCUT2D eigenvalue weighted by atomic mass is 9.90. The Morgan fingerprint density at radius 3 is 2.41 bits per heavy atom. The Morgan fingerprint density at radius 2 is 1.94 bits per heavy atom. The number of carbonyl (C=O) groups excluding carboxylic acids is 1. The second-order valence-corrected chi connectivity index (χ2v) is 5.66. The molecule has 0 aromatic rings. The zero-order valence-corrected chi connectivity index (χ0v) is 11.4. The summed E-state index contributed by atoms with van der Waals surface area (Å²) in [6, 6.07) is 0. The number of hydrogen-bond donors (Lipinski definition) is 2. The van der Waals surface area contributed by atoms with Crippen molar-refractivity contribution < 1.29 is 9.53 Å². The number of amides is 1. The molecule has 5 heteroatoms. The molecule has 1 rings (SSSR count). The van der Waals surface area contributed by atoms with Crippen molar-refractivity contribution in [2.24, 2.45) is 5.73 Å². The van der Waals surface area contributed by atoms with Crippen LogP contribution in [0.2, 0.25) is 0 Å². The van der Waals surface area contributed by atoms with Crippen molar-refractivity contribution in [3.63, 3.8) is 0 Å². The third-order valence-electron chi connectivity index (χ3n) is 3.73. The molecule has 100 valence electrons. The highest BCUT2D eigenvalue weighted by Gasteiger charge is 2.36. The molecule has 1 fully saturated rings. The SMILES string of the molecule is CN(C)C(C)(C)CNC(=O)C1(N)CCOCC1. The fourth-order valence-corrected chi connectivity index (χ4v) is 1.59. The van der Waals surface area contributed by atoms with E-state index < -0.39 is 5.54 Å². The van der Waals surface area contributed by atoms with E-state index in [4.69, 9.17) is 10.5 Å². The summed E-state index contributed by atoms with van der Waals surface area (Å²) in [6.07, 6.45) is 1.20. The Morgan fingerprint density at radius 1 is 1.41 bits per heavy atom. The number of nitrogens with two attached hydrogens (primary N) is 1. The third-order valence-corrected chi connectivity index (χ3v) is 3.73. The summed E-state index contributed by atoms with van der Waals surface area (Å²) < 4.78 is 5.23. The number of ether oxygens (including phenoxy) is 1. The van der Waals surface area contributed by atoms with Gasteiger partial charge < -0.3 is 20.7 Å². The summed E-state index contributed by atoms with van der Waals surface area (Å²) in [7, 11) is 4.00. The maximum absolute atomic E-state index is 12.1. The van der Waals surface area contributed by atoms with Gasteiger partial charge in [0.15, 0.2) is 0 Å². The van der Waals surface area contributed by atoms with E-state index in [1.807, 2.05) is 14.1 Å². The number of nitrogens with one attached hydrogen (secondary N) is 1. The number of carbonyl (C=O) groups is 1. The summed E-state index contributed by atoms with van der Waals surface area (Å²) in [4.78, 5) is 14.2. The first-order valence-electron chi connectivity index (χ1n) is 6.10. The summed E-state index contributed by atoms with van der Waals surface area (Å²) in [5.41, 5.74) is 5.28. The standard InChI is InChI=1S/C12H25N3O2/c1-11(2,15(3)4)9-14-10(16)12(13)5-7-17-8-6-12/h5-9,13H2,1-4H3,(H,14,16). The Bertz CT molecular complexity index is 271. The minimum absolute atomic E-state index is 0.0595. The van der Waals surface area contributed by atoms with E-state index >= 15 is 0 Å². The van der Waals surface area contributed by atoms with Crippen LogP contribution in [0.15, 0.2) is 0 Å². The molecule has 0 bridgehead atoms. The van der Waals surface area contributed by atoms with E-state index in [2.05, 4.69) is 24.1 Å². The van der Waals surface area contributed by atoms with Crippen LogP contribution < -0.4 is 11.1 Å². The number of nitrogens with zero attached hydrogens (tertiary/aromatic N) is 1. The summed E-state index contributed by atoms with van der Waals surface area (Å²) in [5, 5.41) is 2.95. The monoisotopic (exact) mass is 243 g/mol. The van der Waals surface area contributed by atoms with Gasteiger partial charge in [-0.1, -0.05) is 0 Å². The molecule has 0 atom stereocenters. The van der Waals surface area contributed by atoms with Gasteiger partial charge in [-0.05, 0) is 40.8 Å². The van der Waals surface area contributed by atoms with Gasteiger partial charge in [0.25, 0.3) is 0 Å². The van der Waals surface area contributed by atoms with Crippen molar-refractivity contribution in [1.82, 2.24) is 10.2 Å². The van der Waals surface area contributed by atoms with Crippen LogP contribution in [-0.4, -0.2) is 55.7 Å². The van der Waals surface area contributed by atoms with Crippen molar-refractivity contribution in [2.75, 3.05) is 33.9 Å². The minimum atomic E-state index is -0.749. The molecule has 1 aliphatic heterocycles. The average molecular weight is 243 g/mol. The van der Waals surface area contributed by atoms with Crippen LogP contribution in [0, 0.1) is 0 Å². The first-order chi connectivity index (χ1) is 7.78. The van der Waals surface area contributed by atoms with Crippen molar-refractivity contribution in [1.29, 1.82) is 0 Å². The van der Waals surface area contributed by atoms with E-state index in [1.54, 1.807) is 0 Å². The topological polar surface area (TPSA) is 67.6 Å². The van der Waals surface area contributed by atoms with E-state index in [9.17, 15) is 4.79 Å². The molecule has 0 unspecified atom stereocenters. The van der Waals surface area contributed by atoms with Crippen LogP contribution in [0.4, 0.5) is 0 Å². The van der Waals surface area contributed by atoms with Gasteiger partial charge >= 0.3 is 0 Å². The molecular formula is C12H25N3O2. The molecule has 3 N–H and O–H groups in total. The fourth-order valence-electron chi connectivity index (χ4n) is 1.59. The van der Waals surface area contributed by atoms with E-state index in [-0.39, 0.29) is 11.4 Å². The Labute approximate surface area is 104 Å². The van der Waals surface area contributed by atoms with Gasteiger partial charge in [-0.25, -0.2) is 0 Å². The highest BCUT2D eigenvalue weighted by atomic mass is 16.5. The maximum Gasteiger partial charge on any atom is 0.240 e. The first kappa shape index (κ1) is 14.4.